The predicted molar refractivity (Wildman–Crippen MR) is 92.8 cm³/mol. The van der Waals surface area contributed by atoms with Crippen LogP contribution in [0.25, 0.3) is 0 Å². The van der Waals surface area contributed by atoms with Crippen LogP contribution in [0.1, 0.15) is 52.0 Å². The Kier molecular flexibility index (Phi) is 5.32. The Balaban J connectivity index is 2.32. The van der Waals surface area contributed by atoms with E-state index in [1.165, 1.54) is 36.9 Å². The lowest BCUT2D eigenvalue weighted by Gasteiger charge is -2.52. The summed E-state index contributed by atoms with van der Waals surface area (Å²) < 4.78 is 0. The normalized spacial score (nSPS) is 26.1. The number of hydrogen-bond acceptors (Lipinski definition) is 2. The number of hydrogen-bond donors (Lipinski definition) is 1. The first-order valence-electron chi connectivity index (χ1n) is 8.58. The van der Waals surface area contributed by atoms with Gasteiger partial charge in [-0.3, -0.25) is 0 Å². The van der Waals surface area contributed by atoms with Crippen LogP contribution in [0.3, 0.4) is 0 Å². The summed E-state index contributed by atoms with van der Waals surface area (Å²) in [5.41, 5.74) is 9.16. The van der Waals surface area contributed by atoms with Crippen molar-refractivity contribution in [3.63, 3.8) is 0 Å². The maximum atomic E-state index is 6.32. The summed E-state index contributed by atoms with van der Waals surface area (Å²) in [4.78, 5) is 2.48. The molecule has 0 aliphatic heterocycles. The molecule has 0 saturated heterocycles. The zero-order valence-electron chi connectivity index (χ0n) is 14.2. The minimum atomic E-state index is 0.125. The van der Waals surface area contributed by atoms with Gasteiger partial charge in [0, 0.05) is 19.3 Å². The van der Waals surface area contributed by atoms with Gasteiger partial charge in [0.25, 0.3) is 0 Å². The second-order valence-corrected chi connectivity index (χ2v) is 6.98. The number of nitrogens with two attached hydrogens (primary N) is 1. The summed E-state index contributed by atoms with van der Waals surface area (Å²) in [5, 5.41) is 0. The van der Waals surface area contributed by atoms with Crippen LogP contribution in [0.2, 0.25) is 0 Å². The van der Waals surface area contributed by atoms with Gasteiger partial charge in [-0.2, -0.15) is 0 Å². The van der Waals surface area contributed by atoms with E-state index in [9.17, 15) is 0 Å². The van der Waals surface area contributed by atoms with E-state index in [2.05, 4.69) is 57.0 Å². The Labute approximate surface area is 130 Å². The third-order valence-corrected chi connectivity index (χ3v) is 5.62. The topological polar surface area (TPSA) is 29.3 Å². The van der Waals surface area contributed by atoms with Gasteiger partial charge in [0.1, 0.15) is 0 Å². The highest BCUT2D eigenvalue weighted by atomic mass is 15.2. The maximum Gasteiger partial charge on any atom is 0.0551 e. The first-order valence-corrected chi connectivity index (χ1v) is 8.58. The van der Waals surface area contributed by atoms with Gasteiger partial charge in [0.05, 0.1) is 5.54 Å². The number of likely N-dealkylation sites (N-methyl/N-ethyl adjacent to an activating group) is 1. The molecular weight excluding hydrogens is 256 g/mol. The van der Waals surface area contributed by atoms with E-state index in [1.807, 2.05) is 0 Å². The first-order chi connectivity index (χ1) is 10.0. The fourth-order valence-electron chi connectivity index (χ4n) is 4.22. The molecule has 1 aliphatic rings. The summed E-state index contributed by atoms with van der Waals surface area (Å²) >= 11 is 0. The standard InChI is InChI=1S/C19H32N2/c1-5-16-9-11-17(12-10-16)21(4)19(14-20)13-7-6-8-18(19)15(2)3/h9-12,15,18H,5-8,13-14,20H2,1-4H3. The molecule has 0 aromatic heterocycles. The predicted octanol–water partition coefficient (Wildman–Crippen LogP) is 4.23. The molecule has 1 fully saturated rings. The second-order valence-electron chi connectivity index (χ2n) is 6.98. The number of aryl methyl sites for hydroxylation is 1. The van der Waals surface area contributed by atoms with E-state index in [0.29, 0.717) is 11.8 Å². The molecule has 1 aliphatic carbocycles. The SMILES string of the molecule is CCc1ccc(N(C)C2(CN)CCCCC2C(C)C)cc1. The van der Waals surface area contributed by atoms with Crippen LogP contribution in [0.4, 0.5) is 5.69 Å². The monoisotopic (exact) mass is 288 g/mol. The Morgan fingerprint density at radius 2 is 1.90 bits per heavy atom. The molecule has 1 saturated carbocycles. The van der Waals surface area contributed by atoms with E-state index in [4.69, 9.17) is 5.73 Å². The molecule has 2 rings (SSSR count). The average molecular weight is 288 g/mol. The summed E-state index contributed by atoms with van der Waals surface area (Å²) in [6.07, 6.45) is 6.29. The largest absolute Gasteiger partial charge is 0.367 e. The lowest BCUT2D eigenvalue weighted by Crippen LogP contribution is -2.60. The fraction of sp³-hybridized carbons (Fsp3) is 0.684. The molecule has 2 nitrogen and oxygen atoms in total. The second kappa shape index (κ2) is 6.83. The zero-order valence-corrected chi connectivity index (χ0v) is 14.2. The first kappa shape index (κ1) is 16.4. The van der Waals surface area contributed by atoms with Crippen molar-refractivity contribution in [2.24, 2.45) is 17.6 Å². The number of rotatable bonds is 5. The van der Waals surface area contributed by atoms with E-state index in [0.717, 1.165) is 13.0 Å². The molecule has 0 amide bonds. The third-order valence-electron chi connectivity index (χ3n) is 5.62. The minimum absolute atomic E-state index is 0.125. The molecule has 2 heteroatoms. The van der Waals surface area contributed by atoms with Crippen molar-refractivity contribution < 1.29 is 0 Å². The smallest absolute Gasteiger partial charge is 0.0551 e. The van der Waals surface area contributed by atoms with Crippen LogP contribution in [0, 0.1) is 11.8 Å². The molecular formula is C19H32N2. The Hall–Kier alpha value is -1.02. The van der Waals surface area contributed by atoms with Crippen molar-refractivity contribution >= 4 is 5.69 Å². The highest BCUT2D eigenvalue weighted by molar-refractivity contribution is 5.50. The number of anilines is 1. The van der Waals surface area contributed by atoms with Gasteiger partial charge in [-0.05, 0) is 48.8 Å². The van der Waals surface area contributed by atoms with Gasteiger partial charge in [-0.1, -0.05) is 45.7 Å². The molecule has 21 heavy (non-hydrogen) atoms. The molecule has 0 spiro atoms. The maximum absolute atomic E-state index is 6.32. The van der Waals surface area contributed by atoms with Crippen molar-refractivity contribution in [1.29, 1.82) is 0 Å². The Morgan fingerprint density at radius 1 is 1.24 bits per heavy atom. The van der Waals surface area contributed by atoms with Gasteiger partial charge in [0.15, 0.2) is 0 Å². The van der Waals surface area contributed by atoms with Crippen LogP contribution in [-0.4, -0.2) is 19.1 Å². The number of nitrogens with zero attached hydrogens (tertiary/aromatic N) is 1. The van der Waals surface area contributed by atoms with E-state index in [-0.39, 0.29) is 5.54 Å². The molecule has 118 valence electrons. The third kappa shape index (κ3) is 3.11. The summed E-state index contributed by atoms with van der Waals surface area (Å²) in [5.74, 6) is 1.37. The van der Waals surface area contributed by atoms with Crippen molar-refractivity contribution in [3.05, 3.63) is 29.8 Å². The van der Waals surface area contributed by atoms with Crippen LogP contribution in [0.5, 0.6) is 0 Å². The van der Waals surface area contributed by atoms with Gasteiger partial charge in [-0.15, -0.1) is 0 Å². The van der Waals surface area contributed by atoms with Crippen molar-refractivity contribution in [3.8, 4) is 0 Å². The molecule has 0 heterocycles. The Morgan fingerprint density at radius 3 is 2.43 bits per heavy atom. The fourth-order valence-corrected chi connectivity index (χ4v) is 4.22. The van der Waals surface area contributed by atoms with Crippen molar-refractivity contribution in [2.45, 2.75) is 58.4 Å². The quantitative estimate of drug-likeness (QED) is 0.878. The lowest BCUT2D eigenvalue weighted by molar-refractivity contribution is 0.142. The summed E-state index contributed by atoms with van der Waals surface area (Å²) in [6.45, 7) is 7.67. The lowest BCUT2D eigenvalue weighted by atomic mass is 9.67. The highest BCUT2D eigenvalue weighted by Gasteiger charge is 2.44. The van der Waals surface area contributed by atoms with Gasteiger partial charge < -0.3 is 10.6 Å². The number of benzene rings is 1. The average Bonchev–Trinajstić information content (AvgIpc) is 2.54. The van der Waals surface area contributed by atoms with Crippen LogP contribution >= 0.6 is 0 Å². The van der Waals surface area contributed by atoms with Crippen LogP contribution in [0.15, 0.2) is 24.3 Å². The van der Waals surface area contributed by atoms with E-state index >= 15 is 0 Å². The van der Waals surface area contributed by atoms with E-state index in [1.54, 1.807) is 0 Å². The molecule has 2 N–H and O–H groups in total. The molecule has 0 radical (unpaired) electrons. The van der Waals surface area contributed by atoms with Crippen molar-refractivity contribution in [2.75, 3.05) is 18.5 Å². The van der Waals surface area contributed by atoms with Gasteiger partial charge in [0.2, 0.25) is 0 Å². The molecule has 2 atom stereocenters. The molecule has 2 unspecified atom stereocenters. The molecule has 1 aromatic rings. The molecule has 0 bridgehead atoms. The van der Waals surface area contributed by atoms with Gasteiger partial charge >= 0.3 is 0 Å². The van der Waals surface area contributed by atoms with Crippen molar-refractivity contribution in [1.82, 2.24) is 0 Å². The highest BCUT2D eigenvalue weighted by Crippen LogP contribution is 2.43. The minimum Gasteiger partial charge on any atom is -0.367 e. The summed E-state index contributed by atoms with van der Waals surface area (Å²) in [7, 11) is 2.24. The summed E-state index contributed by atoms with van der Waals surface area (Å²) in [6, 6.07) is 9.04. The van der Waals surface area contributed by atoms with Crippen LogP contribution in [-0.2, 0) is 6.42 Å². The Bertz CT molecular complexity index is 437. The molecule has 1 aromatic carbocycles. The van der Waals surface area contributed by atoms with E-state index < -0.39 is 0 Å². The zero-order chi connectivity index (χ0) is 15.5. The van der Waals surface area contributed by atoms with Crippen LogP contribution < -0.4 is 10.6 Å². The van der Waals surface area contributed by atoms with Gasteiger partial charge in [-0.25, -0.2) is 0 Å².